The molecule has 1 aliphatic carbocycles. The van der Waals surface area contributed by atoms with Gasteiger partial charge in [-0.15, -0.1) is 0 Å². The summed E-state index contributed by atoms with van der Waals surface area (Å²) in [4.78, 5) is 22.8. The second kappa shape index (κ2) is 12.0. The van der Waals surface area contributed by atoms with Gasteiger partial charge in [-0.3, -0.25) is 0 Å². The predicted octanol–water partition coefficient (Wildman–Crippen LogP) is 4.70. The van der Waals surface area contributed by atoms with Gasteiger partial charge in [0.25, 0.3) is 0 Å². The summed E-state index contributed by atoms with van der Waals surface area (Å²) < 4.78 is 40.6. The van der Waals surface area contributed by atoms with Crippen molar-refractivity contribution < 1.29 is 23.0 Å². The van der Waals surface area contributed by atoms with E-state index in [1.807, 2.05) is 13.0 Å². The Balaban J connectivity index is 1.53. The molecule has 2 aromatic rings. The number of halogens is 2. The van der Waals surface area contributed by atoms with E-state index in [4.69, 9.17) is 9.47 Å². The van der Waals surface area contributed by atoms with E-state index in [-0.39, 0.29) is 40.7 Å². The van der Waals surface area contributed by atoms with Crippen molar-refractivity contribution in [2.24, 2.45) is 5.92 Å². The van der Waals surface area contributed by atoms with Gasteiger partial charge < -0.3 is 30.3 Å². The lowest BCUT2D eigenvalue weighted by Gasteiger charge is -2.38. The third-order valence-electron chi connectivity index (χ3n) is 6.74. The third-order valence-corrected chi connectivity index (χ3v) is 6.74. The summed E-state index contributed by atoms with van der Waals surface area (Å²) in [5, 5.41) is 18.5. The van der Waals surface area contributed by atoms with Crippen molar-refractivity contribution in [3.63, 3.8) is 0 Å². The van der Waals surface area contributed by atoms with Crippen LogP contribution in [0, 0.1) is 28.9 Å². The largest absolute Gasteiger partial charge is 0.444 e. The van der Waals surface area contributed by atoms with Crippen molar-refractivity contribution in [1.29, 1.82) is 5.26 Å². The fraction of sp³-hybridized carbons (Fsp3) is 0.556. The van der Waals surface area contributed by atoms with Crippen molar-refractivity contribution in [3.05, 3.63) is 35.5 Å². The lowest BCUT2D eigenvalue weighted by molar-refractivity contribution is 0.0492. The summed E-state index contributed by atoms with van der Waals surface area (Å²) in [7, 11) is 0. The second-order valence-electron chi connectivity index (χ2n) is 10.9. The molecule has 2 atom stereocenters. The molecule has 0 unspecified atom stereocenters. The molecule has 1 saturated heterocycles. The first-order chi connectivity index (χ1) is 18.5. The number of morpholine rings is 1. The number of aromatic nitrogens is 2. The number of carbonyl (C=O) groups is 1. The molecule has 210 valence electrons. The van der Waals surface area contributed by atoms with E-state index in [9.17, 15) is 14.4 Å². The van der Waals surface area contributed by atoms with Gasteiger partial charge in [0, 0.05) is 25.2 Å². The normalized spacial score (nSPS) is 17.4. The SMILES string of the molecule is C[C@H](NC(=O)OC(C)(C)C)[C@H](Nc1nc(Nc2cnc(N3CCOCC3)c(F)c2)c(C#N)cc1F)C1CCC1. The number of rotatable bonds is 8. The molecule has 1 saturated carbocycles. The number of hydrogen-bond acceptors (Lipinski definition) is 9. The Hall–Kier alpha value is -3.72. The Morgan fingerprint density at radius 1 is 1.21 bits per heavy atom. The average Bonchev–Trinajstić information content (AvgIpc) is 2.83. The fourth-order valence-corrected chi connectivity index (χ4v) is 4.61. The zero-order valence-corrected chi connectivity index (χ0v) is 22.7. The number of hydrogen-bond donors (Lipinski definition) is 3. The maximum absolute atomic E-state index is 15.1. The van der Waals surface area contributed by atoms with Crippen LogP contribution in [0.25, 0.3) is 0 Å². The molecule has 2 aromatic heterocycles. The Morgan fingerprint density at radius 3 is 2.51 bits per heavy atom. The van der Waals surface area contributed by atoms with Gasteiger partial charge in [-0.1, -0.05) is 6.42 Å². The molecule has 1 amide bonds. The number of amides is 1. The van der Waals surface area contributed by atoms with Gasteiger partial charge in [-0.25, -0.2) is 23.5 Å². The minimum Gasteiger partial charge on any atom is -0.444 e. The van der Waals surface area contributed by atoms with E-state index in [0.717, 1.165) is 25.3 Å². The molecule has 0 aromatic carbocycles. The number of alkyl carbamates (subject to hydrolysis) is 1. The van der Waals surface area contributed by atoms with Crippen molar-refractivity contribution in [1.82, 2.24) is 15.3 Å². The summed E-state index contributed by atoms with van der Waals surface area (Å²) in [6.07, 6.45) is 3.75. The quantitative estimate of drug-likeness (QED) is 0.434. The first kappa shape index (κ1) is 28.3. The van der Waals surface area contributed by atoms with Crippen LogP contribution in [0.15, 0.2) is 18.3 Å². The van der Waals surface area contributed by atoms with Gasteiger partial charge >= 0.3 is 6.09 Å². The summed E-state index contributed by atoms with van der Waals surface area (Å²) in [6.45, 7) is 9.22. The molecule has 12 heteroatoms. The monoisotopic (exact) mass is 543 g/mol. The van der Waals surface area contributed by atoms with Crippen LogP contribution in [0.2, 0.25) is 0 Å². The van der Waals surface area contributed by atoms with E-state index < -0.39 is 29.4 Å². The van der Waals surface area contributed by atoms with Crippen LogP contribution in [0.1, 0.15) is 52.5 Å². The van der Waals surface area contributed by atoms with Crippen LogP contribution >= 0.6 is 0 Å². The summed E-state index contributed by atoms with van der Waals surface area (Å²) in [5.74, 6) is -0.861. The lowest BCUT2D eigenvalue weighted by Crippen LogP contribution is -2.51. The van der Waals surface area contributed by atoms with Crippen LogP contribution < -0.4 is 20.9 Å². The summed E-state index contributed by atoms with van der Waals surface area (Å²) in [5.41, 5.74) is -0.434. The van der Waals surface area contributed by atoms with Crippen LogP contribution in [0.5, 0.6) is 0 Å². The molecule has 4 rings (SSSR count). The molecule has 0 spiro atoms. The van der Waals surface area contributed by atoms with Crippen molar-refractivity contribution in [2.45, 2.75) is 64.6 Å². The van der Waals surface area contributed by atoms with E-state index in [2.05, 4.69) is 25.9 Å². The highest BCUT2D eigenvalue weighted by molar-refractivity contribution is 5.68. The van der Waals surface area contributed by atoms with Gasteiger partial charge in [-0.05, 0) is 52.5 Å². The summed E-state index contributed by atoms with van der Waals surface area (Å²) in [6, 6.07) is 3.54. The van der Waals surface area contributed by atoms with Gasteiger partial charge in [-0.2, -0.15) is 5.26 Å². The van der Waals surface area contributed by atoms with E-state index in [0.29, 0.717) is 26.3 Å². The highest BCUT2D eigenvalue weighted by atomic mass is 19.1. The topological polar surface area (TPSA) is 124 Å². The number of nitrogens with one attached hydrogen (secondary N) is 3. The third kappa shape index (κ3) is 7.23. The Kier molecular flexibility index (Phi) is 8.70. The number of carbonyl (C=O) groups excluding carboxylic acids is 1. The first-order valence-electron chi connectivity index (χ1n) is 13.2. The molecule has 1 aliphatic heterocycles. The van der Waals surface area contributed by atoms with Crippen molar-refractivity contribution >= 4 is 29.2 Å². The highest BCUT2D eigenvalue weighted by Gasteiger charge is 2.34. The molecule has 2 aliphatic rings. The number of ether oxygens (including phenoxy) is 2. The summed E-state index contributed by atoms with van der Waals surface area (Å²) >= 11 is 0. The predicted molar refractivity (Wildman–Crippen MR) is 143 cm³/mol. The zero-order valence-electron chi connectivity index (χ0n) is 22.7. The zero-order chi connectivity index (χ0) is 28.2. The molecule has 39 heavy (non-hydrogen) atoms. The van der Waals surface area contributed by atoms with Crippen LogP contribution in [0.4, 0.5) is 36.7 Å². The Labute approximate surface area is 227 Å². The first-order valence-corrected chi connectivity index (χ1v) is 13.2. The van der Waals surface area contributed by atoms with Gasteiger partial charge in [0.1, 0.15) is 11.7 Å². The minimum absolute atomic E-state index is 0.0455. The van der Waals surface area contributed by atoms with Crippen LogP contribution in [-0.2, 0) is 9.47 Å². The molecular formula is C27H35F2N7O3. The fourth-order valence-electron chi connectivity index (χ4n) is 4.61. The molecule has 10 nitrogen and oxygen atoms in total. The van der Waals surface area contributed by atoms with E-state index in [1.165, 1.54) is 12.3 Å². The van der Waals surface area contributed by atoms with Crippen LogP contribution in [-0.4, -0.2) is 60.0 Å². The molecule has 0 bridgehead atoms. The molecule has 3 heterocycles. The standard InChI is InChI=1S/C27H35F2N7O3/c1-16(32-26(37)39-27(2,3)4)22(17-6-5-7-17)34-24-20(28)12-18(14-30)23(35-24)33-19-13-21(29)25(31-15-19)36-8-10-38-11-9-36/h12-13,15-17,22H,5-11H2,1-4H3,(H,32,37)(H2,33,34,35)/t16-,22-/m0/s1. The number of nitrogens with zero attached hydrogens (tertiary/aromatic N) is 4. The van der Waals surface area contributed by atoms with E-state index in [1.54, 1.807) is 25.7 Å². The van der Waals surface area contributed by atoms with Gasteiger partial charge in [0.05, 0.1) is 36.7 Å². The average molecular weight is 544 g/mol. The highest BCUT2D eigenvalue weighted by Crippen LogP contribution is 2.34. The van der Waals surface area contributed by atoms with Gasteiger partial charge in [0.15, 0.2) is 29.1 Å². The number of nitriles is 1. The maximum Gasteiger partial charge on any atom is 0.407 e. The Morgan fingerprint density at radius 2 is 1.92 bits per heavy atom. The lowest BCUT2D eigenvalue weighted by atomic mass is 9.77. The smallest absolute Gasteiger partial charge is 0.407 e. The second-order valence-corrected chi connectivity index (χ2v) is 10.9. The molecule has 2 fully saturated rings. The van der Waals surface area contributed by atoms with Crippen molar-refractivity contribution in [3.8, 4) is 6.07 Å². The molecule has 0 radical (unpaired) electrons. The number of anilines is 4. The molecular weight excluding hydrogens is 508 g/mol. The maximum atomic E-state index is 15.1. The van der Waals surface area contributed by atoms with Crippen molar-refractivity contribution in [2.75, 3.05) is 41.8 Å². The number of pyridine rings is 2. The minimum atomic E-state index is -0.710. The molecule has 3 N–H and O–H groups in total. The van der Waals surface area contributed by atoms with Gasteiger partial charge in [0.2, 0.25) is 0 Å². The van der Waals surface area contributed by atoms with Crippen LogP contribution in [0.3, 0.4) is 0 Å². The van der Waals surface area contributed by atoms with E-state index >= 15 is 4.39 Å². The Bertz CT molecular complexity index is 1220.